The summed E-state index contributed by atoms with van der Waals surface area (Å²) in [6, 6.07) is 7.94. The van der Waals surface area contributed by atoms with Crippen molar-refractivity contribution in [2.24, 2.45) is 0 Å². The number of hydrogen-bond donors (Lipinski definition) is 1. The van der Waals surface area contributed by atoms with Gasteiger partial charge in [0, 0.05) is 12.0 Å². The molecule has 6 heteroatoms. The summed E-state index contributed by atoms with van der Waals surface area (Å²) in [6.45, 7) is 3.96. The quantitative estimate of drug-likeness (QED) is 0.857. The Bertz CT molecular complexity index is 679. The highest BCUT2D eigenvalue weighted by molar-refractivity contribution is 9.10. The maximum absolute atomic E-state index is 13.5. The number of nitrogens with one attached hydrogen (secondary N) is 1. The minimum Gasteiger partial charge on any atom is -0.339 e. The molecule has 0 amide bonds. The lowest BCUT2D eigenvalue weighted by molar-refractivity contribution is 0.624. The number of anilines is 2. The van der Waals surface area contributed by atoms with Crippen LogP contribution in [0, 0.1) is 17.1 Å². The molecule has 0 bridgehead atoms. The predicted octanol–water partition coefficient (Wildman–Crippen LogP) is 4.12. The molecule has 2 rings (SSSR count). The van der Waals surface area contributed by atoms with Crippen LogP contribution in [0.1, 0.15) is 31.2 Å². The largest absolute Gasteiger partial charge is 0.339 e. The smallest absolute Gasteiger partial charge is 0.143 e. The molecule has 0 spiro atoms. The molecule has 0 atom stereocenters. The van der Waals surface area contributed by atoms with Gasteiger partial charge in [-0.1, -0.05) is 19.9 Å². The Hall–Kier alpha value is -2.00. The second-order valence-electron chi connectivity index (χ2n) is 4.49. The van der Waals surface area contributed by atoms with E-state index in [9.17, 15) is 4.39 Å². The Kier molecular flexibility index (Phi) is 4.30. The van der Waals surface area contributed by atoms with E-state index in [1.807, 2.05) is 19.9 Å². The maximum atomic E-state index is 13.5. The molecule has 0 radical (unpaired) electrons. The van der Waals surface area contributed by atoms with Crippen LogP contribution in [-0.4, -0.2) is 9.97 Å². The highest BCUT2D eigenvalue weighted by atomic mass is 79.9. The molecule has 1 heterocycles. The van der Waals surface area contributed by atoms with Gasteiger partial charge in [-0.15, -0.1) is 0 Å². The van der Waals surface area contributed by atoms with E-state index in [0.717, 1.165) is 0 Å². The summed E-state index contributed by atoms with van der Waals surface area (Å²) in [4.78, 5) is 8.61. The molecule has 0 aliphatic heterocycles. The van der Waals surface area contributed by atoms with Gasteiger partial charge in [0.2, 0.25) is 0 Å². The summed E-state index contributed by atoms with van der Waals surface area (Å²) in [5.41, 5.74) is 0.348. The molecule has 1 aromatic carbocycles. The van der Waals surface area contributed by atoms with Gasteiger partial charge in [0.15, 0.2) is 0 Å². The Labute approximate surface area is 124 Å². The first kappa shape index (κ1) is 14.4. The van der Waals surface area contributed by atoms with Gasteiger partial charge >= 0.3 is 0 Å². The van der Waals surface area contributed by atoms with Crippen LogP contribution in [0.5, 0.6) is 0 Å². The molecule has 0 aliphatic carbocycles. The topological polar surface area (TPSA) is 61.6 Å². The highest BCUT2D eigenvalue weighted by Gasteiger charge is 2.11. The zero-order valence-electron chi connectivity index (χ0n) is 11.0. The van der Waals surface area contributed by atoms with Crippen molar-refractivity contribution >= 4 is 27.4 Å². The van der Waals surface area contributed by atoms with Crippen LogP contribution in [0.3, 0.4) is 0 Å². The number of benzene rings is 1. The van der Waals surface area contributed by atoms with Crippen molar-refractivity contribution in [3.63, 3.8) is 0 Å². The van der Waals surface area contributed by atoms with E-state index in [-0.39, 0.29) is 11.5 Å². The fraction of sp³-hybridized carbons (Fsp3) is 0.214. The van der Waals surface area contributed by atoms with Crippen LogP contribution in [0.4, 0.5) is 15.9 Å². The number of aromatic nitrogens is 2. The summed E-state index contributed by atoms with van der Waals surface area (Å²) in [7, 11) is 0. The zero-order valence-corrected chi connectivity index (χ0v) is 12.6. The van der Waals surface area contributed by atoms with Crippen molar-refractivity contribution in [1.82, 2.24) is 9.97 Å². The number of hydrogen-bond acceptors (Lipinski definition) is 4. The lowest BCUT2D eigenvalue weighted by Gasteiger charge is -2.11. The molecular formula is C14H12BrFN4. The Balaban J connectivity index is 2.41. The lowest BCUT2D eigenvalue weighted by Crippen LogP contribution is -2.03. The van der Waals surface area contributed by atoms with Crippen molar-refractivity contribution in [2.75, 3.05) is 5.32 Å². The Morgan fingerprint density at radius 2 is 2.10 bits per heavy atom. The average molecular weight is 335 g/mol. The molecule has 0 unspecified atom stereocenters. The van der Waals surface area contributed by atoms with Crippen molar-refractivity contribution < 1.29 is 4.39 Å². The third-order valence-corrected chi connectivity index (χ3v) is 3.02. The standard InChI is InChI=1S/C14H12BrFN4/c1-8(2)14-19-12(15)6-13(20-14)18-11-5-3-4-10(16)9(11)7-17/h3-6,8H,1-2H3,(H,18,19,20). The number of nitriles is 1. The fourth-order valence-corrected chi connectivity index (χ4v) is 2.04. The second-order valence-corrected chi connectivity index (χ2v) is 5.30. The van der Waals surface area contributed by atoms with Crippen molar-refractivity contribution in [1.29, 1.82) is 5.26 Å². The second kappa shape index (κ2) is 5.97. The van der Waals surface area contributed by atoms with Crippen molar-refractivity contribution in [2.45, 2.75) is 19.8 Å². The highest BCUT2D eigenvalue weighted by Crippen LogP contribution is 2.24. The van der Waals surface area contributed by atoms with E-state index in [1.165, 1.54) is 12.1 Å². The molecule has 1 aromatic heterocycles. The third kappa shape index (κ3) is 3.11. The molecule has 2 aromatic rings. The van der Waals surface area contributed by atoms with E-state index in [2.05, 4.69) is 31.2 Å². The van der Waals surface area contributed by atoms with Gasteiger partial charge in [0.1, 0.15) is 33.7 Å². The summed E-state index contributed by atoms with van der Waals surface area (Å²) in [5, 5.41) is 12.0. The van der Waals surface area contributed by atoms with E-state index in [0.29, 0.717) is 21.9 Å². The lowest BCUT2D eigenvalue weighted by atomic mass is 10.2. The van der Waals surface area contributed by atoms with Crippen LogP contribution < -0.4 is 5.32 Å². The van der Waals surface area contributed by atoms with Gasteiger partial charge in [0.05, 0.1) is 5.69 Å². The molecule has 0 aliphatic rings. The first-order chi connectivity index (χ1) is 9.51. The minimum atomic E-state index is -0.560. The first-order valence-electron chi connectivity index (χ1n) is 6.01. The number of rotatable bonds is 3. The van der Waals surface area contributed by atoms with Gasteiger partial charge in [-0.3, -0.25) is 0 Å². The van der Waals surface area contributed by atoms with Crippen LogP contribution in [0.25, 0.3) is 0 Å². The first-order valence-corrected chi connectivity index (χ1v) is 6.80. The van der Waals surface area contributed by atoms with E-state index < -0.39 is 5.82 Å². The minimum absolute atomic E-state index is 0.0340. The zero-order chi connectivity index (χ0) is 14.7. The SMILES string of the molecule is CC(C)c1nc(Br)cc(Nc2cccc(F)c2C#N)n1. The molecular weight excluding hydrogens is 323 g/mol. The molecule has 0 saturated heterocycles. The summed E-state index contributed by atoms with van der Waals surface area (Å²) in [5.74, 6) is 0.778. The maximum Gasteiger partial charge on any atom is 0.143 e. The third-order valence-electron chi connectivity index (χ3n) is 2.62. The monoisotopic (exact) mass is 334 g/mol. The summed E-state index contributed by atoms with van der Waals surface area (Å²) < 4.78 is 14.2. The average Bonchev–Trinajstić information content (AvgIpc) is 2.38. The van der Waals surface area contributed by atoms with E-state index in [4.69, 9.17) is 5.26 Å². The van der Waals surface area contributed by atoms with Crippen LogP contribution >= 0.6 is 15.9 Å². The molecule has 4 nitrogen and oxygen atoms in total. The van der Waals surface area contributed by atoms with Gasteiger partial charge in [-0.2, -0.15) is 5.26 Å². The molecule has 1 N–H and O–H groups in total. The van der Waals surface area contributed by atoms with Gasteiger partial charge in [0.25, 0.3) is 0 Å². The summed E-state index contributed by atoms with van der Waals surface area (Å²) >= 11 is 3.31. The normalized spacial score (nSPS) is 10.4. The van der Waals surface area contributed by atoms with Crippen LogP contribution in [0.15, 0.2) is 28.9 Å². The van der Waals surface area contributed by atoms with Crippen LogP contribution in [0.2, 0.25) is 0 Å². The van der Waals surface area contributed by atoms with Gasteiger partial charge < -0.3 is 5.32 Å². The Morgan fingerprint density at radius 1 is 1.35 bits per heavy atom. The van der Waals surface area contributed by atoms with Crippen molar-refractivity contribution in [3.8, 4) is 6.07 Å². The molecule has 102 valence electrons. The number of halogens is 2. The summed E-state index contributed by atoms with van der Waals surface area (Å²) in [6.07, 6.45) is 0. The van der Waals surface area contributed by atoms with Crippen molar-refractivity contribution in [3.05, 3.63) is 46.1 Å². The Morgan fingerprint density at radius 3 is 2.75 bits per heavy atom. The van der Waals surface area contributed by atoms with E-state index in [1.54, 1.807) is 12.1 Å². The van der Waals surface area contributed by atoms with Gasteiger partial charge in [-0.25, -0.2) is 14.4 Å². The molecule has 0 saturated carbocycles. The van der Waals surface area contributed by atoms with Gasteiger partial charge in [-0.05, 0) is 28.1 Å². The number of nitrogens with zero attached hydrogens (tertiary/aromatic N) is 3. The fourth-order valence-electron chi connectivity index (χ4n) is 1.64. The molecule has 20 heavy (non-hydrogen) atoms. The van der Waals surface area contributed by atoms with E-state index >= 15 is 0 Å². The van der Waals surface area contributed by atoms with Crippen LogP contribution in [-0.2, 0) is 0 Å². The molecule has 0 fully saturated rings. The predicted molar refractivity (Wildman–Crippen MR) is 78.2 cm³/mol.